The van der Waals surface area contributed by atoms with Crippen molar-refractivity contribution in [1.29, 1.82) is 0 Å². The van der Waals surface area contributed by atoms with Gasteiger partial charge in [0.2, 0.25) is 0 Å². The van der Waals surface area contributed by atoms with E-state index < -0.39 is 0 Å². The van der Waals surface area contributed by atoms with Crippen LogP contribution in [-0.4, -0.2) is 26.1 Å². The van der Waals surface area contributed by atoms with Gasteiger partial charge in [0.15, 0.2) is 17.3 Å². The Morgan fingerprint density at radius 1 is 0.897 bits per heavy atom. The van der Waals surface area contributed by atoms with E-state index in [1.807, 2.05) is 54.6 Å². The molecule has 0 bridgehead atoms. The molecule has 0 aromatic heterocycles. The van der Waals surface area contributed by atoms with Crippen LogP contribution >= 0.6 is 0 Å². The van der Waals surface area contributed by atoms with Crippen LogP contribution in [0.15, 0.2) is 78.0 Å². The van der Waals surface area contributed by atoms with Crippen LogP contribution in [0.3, 0.4) is 0 Å². The number of anilines is 2. The Morgan fingerprint density at radius 2 is 1.64 bits per heavy atom. The van der Waals surface area contributed by atoms with Crippen LogP contribution < -0.4 is 24.8 Å². The van der Waals surface area contributed by atoms with Gasteiger partial charge in [-0.25, -0.2) is 0 Å². The Hall–Kier alpha value is -3.93. The van der Waals surface area contributed by atoms with Gasteiger partial charge in [0.1, 0.15) is 5.75 Å². The number of nitrogens with one attached hydrogen (secondary N) is 2. The van der Waals surface area contributed by atoms with E-state index in [0.29, 0.717) is 37.1 Å². The minimum absolute atomic E-state index is 0.0909. The highest BCUT2D eigenvalue weighted by Crippen LogP contribution is 2.45. The molecule has 0 radical (unpaired) electrons. The van der Waals surface area contributed by atoms with Crippen molar-refractivity contribution >= 4 is 17.2 Å². The van der Waals surface area contributed by atoms with Crippen LogP contribution in [0, 0.1) is 5.92 Å². The van der Waals surface area contributed by atoms with Gasteiger partial charge in [0.05, 0.1) is 37.7 Å². The largest absolute Gasteiger partial charge is 0.493 e. The predicted molar refractivity (Wildman–Crippen MR) is 156 cm³/mol. The summed E-state index contributed by atoms with van der Waals surface area (Å²) in [6, 6.07) is 22.0. The van der Waals surface area contributed by atoms with E-state index in [4.69, 9.17) is 14.2 Å². The van der Waals surface area contributed by atoms with E-state index in [9.17, 15) is 4.79 Å². The first kappa shape index (κ1) is 26.7. The lowest BCUT2D eigenvalue weighted by Gasteiger charge is -2.30. The number of Topliss-reactive ketones (excluding diaryl/α,β-unsaturated/α-hetero) is 1. The summed E-state index contributed by atoms with van der Waals surface area (Å²) in [6.07, 6.45) is 2.11. The number of para-hydroxylation sites is 2. The molecule has 5 rings (SSSR count). The van der Waals surface area contributed by atoms with Crippen LogP contribution in [0.25, 0.3) is 0 Å². The number of methoxy groups -OCH3 is 1. The minimum atomic E-state index is -0.314. The standard InChI is InChI=1S/C33H38N2O4/c1-5-16-38-30-15-12-23(19-31(30)37-4)33-32-28(34-26-8-6-7-9-27(26)35-33)17-24(18-29(32)36)22-10-13-25(14-11-22)39-20-21(2)3/h6-15,19,21,24,33-35H,5,16-18,20H2,1-4H3. The van der Waals surface area contributed by atoms with Gasteiger partial charge in [0, 0.05) is 17.7 Å². The topological polar surface area (TPSA) is 68.8 Å². The van der Waals surface area contributed by atoms with Gasteiger partial charge < -0.3 is 24.8 Å². The van der Waals surface area contributed by atoms with Gasteiger partial charge in [-0.3, -0.25) is 4.79 Å². The molecule has 0 saturated carbocycles. The lowest BCUT2D eigenvalue weighted by Crippen LogP contribution is -2.27. The Balaban J connectivity index is 1.49. The number of carbonyl (C=O) groups excluding carboxylic acids is 1. The molecule has 204 valence electrons. The van der Waals surface area contributed by atoms with E-state index in [0.717, 1.165) is 52.4 Å². The van der Waals surface area contributed by atoms with Gasteiger partial charge in [-0.05, 0) is 72.2 Å². The number of ether oxygens (including phenoxy) is 3. The van der Waals surface area contributed by atoms with Crippen molar-refractivity contribution in [3.63, 3.8) is 0 Å². The molecule has 2 atom stereocenters. The Bertz CT molecular complexity index is 1350. The molecule has 1 aliphatic heterocycles. The molecular formula is C33H38N2O4. The highest BCUT2D eigenvalue weighted by atomic mass is 16.5. The zero-order valence-corrected chi connectivity index (χ0v) is 23.3. The third-order valence-corrected chi connectivity index (χ3v) is 7.23. The molecule has 0 fully saturated rings. The van der Waals surface area contributed by atoms with Crippen molar-refractivity contribution in [3.05, 3.63) is 89.1 Å². The van der Waals surface area contributed by atoms with Gasteiger partial charge in [-0.15, -0.1) is 0 Å². The fraction of sp³-hybridized carbons (Fsp3) is 0.364. The molecular weight excluding hydrogens is 488 g/mol. The highest BCUT2D eigenvalue weighted by molar-refractivity contribution is 6.01. The molecule has 6 heteroatoms. The van der Waals surface area contributed by atoms with Crippen LogP contribution in [0.1, 0.15) is 63.1 Å². The Morgan fingerprint density at radius 3 is 2.36 bits per heavy atom. The maximum absolute atomic E-state index is 13.9. The summed E-state index contributed by atoms with van der Waals surface area (Å²) in [5.74, 6) is 2.94. The van der Waals surface area contributed by atoms with E-state index in [1.165, 1.54) is 0 Å². The predicted octanol–water partition coefficient (Wildman–Crippen LogP) is 7.50. The summed E-state index contributed by atoms with van der Waals surface area (Å²) in [5, 5.41) is 7.27. The normalized spacial score (nSPS) is 18.4. The summed E-state index contributed by atoms with van der Waals surface area (Å²) >= 11 is 0. The molecule has 1 heterocycles. The quantitative estimate of drug-likeness (QED) is 0.301. The SMILES string of the molecule is CCCOc1ccc(C2Nc3ccccc3NC3=C2C(=O)CC(c2ccc(OCC(C)C)cc2)C3)cc1OC. The average Bonchev–Trinajstić information content (AvgIpc) is 3.12. The number of hydrogen-bond acceptors (Lipinski definition) is 6. The number of hydrogen-bond donors (Lipinski definition) is 2. The fourth-order valence-corrected chi connectivity index (χ4v) is 5.27. The van der Waals surface area contributed by atoms with Crippen molar-refractivity contribution in [1.82, 2.24) is 0 Å². The molecule has 0 amide bonds. The van der Waals surface area contributed by atoms with Crippen molar-refractivity contribution in [3.8, 4) is 17.2 Å². The zero-order valence-electron chi connectivity index (χ0n) is 23.3. The summed E-state index contributed by atoms with van der Waals surface area (Å²) in [5.41, 5.74) is 5.77. The lowest BCUT2D eigenvalue weighted by atomic mass is 9.78. The lowest BCUT2D eigenvalue weighted by molar-refractivity contribution is -0.116. The smallest absolute Gasteiger partial charge is 0.163 e. The number of benzene rings is 3. The second kappa shape index (κ2) is 11.9. The van der Waals surface area contributed by atoms with Crippen molar-refractivity contribution in [2.75, 3.05) is 31.0 Å². The van der Waals surface area contributed by atoms with Gasteiger partial charge >= 0.3 is 0 Å². The number of ketones is 1. The average molecular weight is 527 g/mol. The molecule has 3 aromatic rings. The first-order valence-corrected chi connectivity index (χ1v) is 13.9. The summed E-state index contributed by atoms with van der Waals surface area (Å²) < 4.78 is 17.4. The van der Waals surface area contributed by atoms with Gasteiger partial charge in [-0.1, -0.05) is 51.1 Å². The third-order valence-electron chi connectivity index (χ3n) is 7.23. The van der Waals surface area contributed by atoms with Crippen molar-refractivity contribution < 1.29 is 19.0 Å². The number of rotatable bonds is 9. The molecule has 0 spiro atoms. The highest BCUT2D eigenvalue weighted by Gasteiger charge is 2.36. The molecule has 1 aliphatic carbocycles. The molecule has 39 heavy (non-hydrogen) atoms. The number of carbonyl (C=O) groups is 1. The van der Waals surface area contributed by atoms with Gasteiger partial charge in [-0.2, -0.15) is 0 Å². The molecule has 3 aromatic carbocycles. The number of fused-ring (bicyclic) bond motifs is 1. The molecule has 0 saturated heterocycles. The van der Waals surface area contributed by atoms with Crippen molar-refractivity contribution in [2.24, 2.45) is 5.92 Å². The first-order valence-electron chi connectivity index (χ1n) is 13.9. The van der Waals surface area contributed by atoms with E-state index in [2.05, 4.69) is 43.5 Å². The number of allylic oxidation sites excluding steroid dienone is 1. The zero-order chi connectivity index (χ0) is 27.4. The molecule has 6 nitrogen and oxygen atoms in total. The molecule has 2 aliphatic rings. The monoisotopic (exact) mass is 526 g/mol. The van der Waals surface area contributed by atoms with Crippen LogP contribution in [0.2, 0.25) is 0 Å². The third kappa shape index (κ3) is 5.90. The second-order valence-corrected chi connectivity index (χ2v) is 10.7. The van der Waals surface area contributed by atoms with Crippen LogP contribution in [-0.2, 0) is 4.79 Å². The summed E-state index contributed by atoms with van der Waals surface area (Å²) in [4.78, 5) is 13.9. The van der Waals surface area contributed by atoms with E-state index >= 15 is 0 Å². The second-order valence-electron chi connectivity index (χ2n) is 10.7. The van der Waals surface area contributed by atoms with Crippen LogP contribution in [0.5, 0.6) is 17.2 Å². The molecule has 2 N–H and O–H groups in total. The van der Waals surface area contributed by atoms with Gasteiger partial charge in [0.25, 0.3) is 0 Å². The Labute approximate surface area is 231 Å². The summed E-state index contributed by atoms with van der Waals surface area (Å²) in [6.45, 7) is 7.65. The minimum Gasteiger partial charge on any atom is -0.493 e. The fourth-order valence-electron chi connectivity index (χ4n) is 5.27. The van der Waals surface area contributed by atoms with E-state index in [1.54, 1.807) is 7.11 Å². The maximum atomic E-state index is 13.9. The maximum Gasteiger partial charge on any atom is 0.163 e. The summed E-state index contributed by atoms with van der Waals surface area (Å²) in [7, 11) is 1.65. The van der Waals surface area contributed by atoms with Crippen molar-refractivity contribution in [2.45, 2.75) is 52.0 Å². The molecule has 2 unspecified atom stereocenters. The first-order chi connectivity index (χ1) is 19.0. The van der Waals surface area contributed by atoms with Crippen LogP contribution in [0.4, 0.5) is 11.4 Å². The van der Waals surface area contributed by atoms with E-state index in [-0.39, 0.29) is 17.7 Å². The Kier molecular flexibility index (Phi) is 8.10.